The molecule has 0 aliphatic rings. The molecule has 0 bridgehead atoms. The van der Waals surface area contributed by atoms with Crippen molar-refractivity contribution in [2.45, 2.75) is 20.8 Å². The average molecular weight is 402 g/mol. The van der Waals surface area contributed by atoms with E-state index in [1.165, 1.54) is 0 Å². The van der Waals surface area contributed by atoms with E-state index in [1.807, 2.05) is 57.2 Å². The first-order valence-corrected chi connectivity index (χ1v) is 9.89. The Hall–Kier alpha value is -3.60. The highest BCUT2D eigenvalue weighted by atomic mass is 16.5. The van der Waals surface area contributed by atoms with Crippen LogP contribution in [0.25, 0.3) is 0 Å². The summed E-state index contributed by atoms with van der Waals surface area (Å²) in [6, 6.07) is 20.3. The van der Waals surface area contributed by atoms with Crippen molar-refractivity contribution in [1.29, 1.82) is 0 Å². The van der Waals surface area contributed by atoms with Gasteiger partial charge in [-0.05, 0) is 73.9 Å². The largest absolute Gasteiger partial charge is 0.492 e. The SMILES string of the molecule is Cc1cc(C)cc(OCCNC(=O)c2ccc(C)c(NC(=O)c3ccccc3)c2)c1. The van der Waals surface area contributed by atoms with Gasteiger partial charge >= 0.3 is 0 Å². The molecule has 154 valence electrons. The van der Waals surface area contributed by atoms with Crippen molar-refractivity contribution in [1.82, 2.24) is 5.32 Å². The van der Waals surface area contributed by atoms with Crippen molar-refractivity contribution in [2.75, 3.05) is 18.5 Å². The van der Waals surface area contributed by atoms with Gasteiger partial charge in [-0.1, -0.05) is 30.3 Å². The first-order valence-electron chi connectivity index (χ1n) is 9.89. The Bertz CT molecular complexity index is 1030. The van der Waals surface area contributed by atoms with E-state index in [1.54, 1.807) is 24.3 Å². The lowest BCUT2D eigenvalue weighted by Crippen LogP contribution is -2.28. The second-order valence-electron chi connectivity index (χ2n) is 7.28. The van der Waals surface area contributed by atoms with E-state index in [0.717, 1.165) is 22.4 Å². The summed E-state index contributed by atoms with van der Waals surface area (Å²) in [5.74, 6) is 0.371. The number of hydrogen-bond acceptors (Lipinski definition) is 3. The lowest BCUT2D eigenvalue weighted by Gasteiger charge is -2.12. The summed E-state index contributed by atoms with van der Waals surface area (Å²) in [5, 5.41) is 5.73. The minimum absolute atomic E-state index is 0.210. The van der Waals surface area contributed by atoms with Crippen LogP contribution in [0.5, 0.6) is 5.75 Å². The van der Waals surface area contributed by atoms with Gasteiger partial charge in [-0.25, -0.2) is 0 Å². The van der Waals surface area contributed by atoms with Crippen LogP contribution in [0.2, 0.25) is 0 Å². The summed E-state index contributed by atoms with van der Waals surface area (Å²) >= 11 is 0. The third kappa shape index (κ3) is 5.70. The summed E-state index contributed by atoms with van der Waals surface area (Å²) in [7, 11) is 0. The van der Waals surface area contributed by atoms with Gasteiger partial charge in [0.25, 0.3) is 11.8 Å². The average Bonchev–Trinajstić information content (AvgIpc) is 2.72. The molecule has 5 nitrogen and oxygen atoms in total. The van der Waals surface area contributed by atoms with Gasteiger partial charge in [-0.2, -0.15) is 0 Å². The zero-order valence-electron chi connectivity index (χ0n) is 17.5. The molecular weight excluding hydrogens is 376 g/mol. The predicted molar refractivity (Wildman–Crippen MR) is 119 cm³/mol. The Balaban J connectivity index is 1.57. The molecule has 3 rings (SSSR count). The fraction of sp³-hybridized carbons (Fsp3) is 0.200. The van der Waals surface area contributed by atoms with Crippen LogP contribution < -0.4 is 15.4 Å². The molecule has 0 aliphatic heterocycles. The lowest BCUT2D eigenvalue weighted by molar-refractivity contribution is 0.0945. The number of hydrogen-bond donors (Lipinski definition) is 2. The van der Waals surface area contributed by atoms with Crippen LogP contribution in [0.3, 0.4) is 0 Å². The van der Waals surface area contributed by atoms with Gasteiger partial charge in [0.1, 0.15) is 12.4 Å². The number of rotatable bonds is 7. The van der Waals surface area contributed by atoms with Gasteiger partial charge in [0.2, 0.25) is 0 Å². The number of ether oxygens (including phenoxy) is 1. The normalized spacial score (nSPS) is 10.4. The molecule has 0 heterocycles. The van der Waals surface area contributed by atoms with Crippen molar-refractivity contribution in [3.8, 4) is 5.75 Å². The first-order chi connectivity index (χ1) is 14.4. The number of nitrogens with one attached hydrogen (secondary N) is 2. The summed E-state index contributed by atoms with van der Waals surface area (Å²) in [6.45, 7) is 6.68. The van der Waals surface area contributed by atoms with Crippen LogP contribution in [0.4, 0.5) is 5.69 Å². The van der Waals surface area contributed by atoms with Gasteiger partial charge in [-0.3, -0.25) is 9.59 Å². The zero-order valence-corrected chi connectivity index (χ0v) is 17.5. The number of carbonyl (C=O) groups excluding carboxylic acids is 2. The summed E-state index contributed by atoms with van der Waals surface area (Å²) in [5.41, 5.74) is 4.82. The molecule has 0 aromatic heterocycles. The highest BCUT2D eigenvalue weighted by molar-refractivity contribution is 6.05. The van der Waals surface area contributed by atoms with Gasteiger partial charge in [-0.15, -0.1) is 0 Å². The number of anilines is 1. The first kappa shape index (κ1) is 21.1. The van der Waals surface area contributed by atoms with E-state index in [4.69, 9.17) is 4.74 Å². The van der Waals surface area contributed by atoms with Crippen molar-refractivity contribution in [3.05, 3.63) is 94.5 Å². The fourth-order valence-electron chi connectivity index (χ4n) is 3.13. The monoisotopic (exact) mass is 402 g/mol. The quantitative estimate of drug-likeness (QED) is 0.564. The van der Waals surface area contributed by atoms with Crippen molar-refractivity contribution >= 4 is 17.5 Å². The Morgan fingerprint density at radius 2 is 1.50 bits per heavy atom. The minimum atomic E-state index is -0.214. The molecule has 0 saturated heterocycles. The lowest BCUT2D eigenvalue weighted by atomic mass is 10.1. The number of aryl methyl sites for hydroxylation is 3. The number of benzene rings is 3. The van der Waals surface area contributed by atoms with Crippen molar-refractivity contribution in [3.63, 3.8) is 0 Å². The predicted octanol–water partition coefficient (Wildman–Crippen LogP) is 4.67. The maximum absolute atomic E-state index is 12.5. The maximum atomic E-state index is 12.5. The Morgan fingerprint density at radius 1 is 0.800 bits per heavy atom. The van der Waals surface area contributed by atoms with Crippen LogP contribution in [-0.4, -0.2) is 25.0 Å². The second kappa shape index (κ2) is 9.74. The van der Waals surface area contributed by atoms with Crippen molar-refractivity contribution in [2.24, 2.45) is 0 Å². The smallest absolute Gasteiger partial charge is 0.255 e. The molecule has 0 radical (unpaired) electrons. The molecule has 3 aromatic rings. The molecule has 5 heteroatoms. The standard InChI is InChI=1S/C25H26N2O3/c1-17-13-18(2)15-22(14-17)30-12-11-26-24(28)21-10-9-19(3)23(16-21)27-25(29)20-7-5-4-6-8-20/h4-10,13-16H,11-12H2,1-3H3,(H,26,28)(H,27,29). The van der Waals surface area contributed by atoms with E-state index in [2.05, 4.69) is 16.7 Å². The molecule has 0 spiro atoms. The fourth-order valence-corrected chi connectivity index (χ4v) is 3.13. The summed E-state index contributed by atoms with van der Waals surface area (Å²) in [4.78, 5) is 24.9. The molecule has 3 aromatic carbocycles. The van der Waals surface area contributed by atoms with Crippen LogP contribution >= 0.6 is 0 Å². The molecule has 0 aliphatic carbocycles. The molecular formula is C25H26N2O3. The summed E-state index contributed by atoms with van der Waals surface area (Å²) in [6.07, 6.45) is 0. The van der Waals surface area contributed by atoms with E-state index < -0.39 is 0 Å². The topological polar surface area (TPSA) is 67.4 Å². The minimum Gasteiger partial charge on any atom is -0.492 e. The zero-order chi connectivity index (χ0) is 21.5. The molecule has 2 N–H and O–H groups in total. The third-order valence-electron chi connectivity index (χ3n) is 4.64. The van der Waals surface area contributed by atoms with Gasteiger partial charge < -0.3 is 15.4 Å². The van der Waals surface area contributed by atoms with E-state index >= 15 is 0 Å². The second-order valence-corrected chi connectivity index (χ2v) is 7.28. The molecule has 0 saturated carbocycles. The van der Waals surface area contributed by atoms with Crippen LogP contribution in [-0.2, 0) is 0 Å². The molecule has 2 amide bonds. The Morgan fingerprint density at radius 3 is 2.20 bits per heavy atom. The van der Waals surface area contributed by atoms with E-state index in [-0.39, 0.29) is 11.8 Å². The van der Waals surface area contributed by atoms with Crippen LogP contribution in [0.1, 0.15) is 37.4 Å². The third-order valence-corrected chi connectivity index (χ3v) is 4.64. The number of amides is 2. The van der Waals surface area contributed by atoms with Gasteiger partial charge in [0.05, 0.1) is 6.54 Å². The van der Waals surface area contributed by atoms with Gasteiger partial charge in [0.15, 0.2) is 0 Å². The summed E-state index contributed by atoms with van der Waals surface area (Å²) < 4.78 is 5.73. The Kier molecular flexibility index (Phi) is 6.86. The van der Waals surface area contributed by atoms with Crippen molar-refractivity contribution < 1.29 is 14.3 Å². The molecule has 0 fully saturated rings. The maximum Gasteiger partial charge on any atom is 0.255 e. The number of carbonyl (C=O) groups is 2. The van der Waals surface area contributed by atoms with E-state index in [9.17, 15) is 9.59 Å². The van der Waals surface area contributed by atoms with Crippen LogP contribution in [0, 0.1) is 20.8 Å². The molecule has 30 heavy (non-hydrogen) atoms. The Labute approximate surface area is 177 Å². The van der Waals surface area contributed by atoms with E-state index in [0.29, 0.717) is 30.0 Å². The molecule has 0 unspecified atom stereocenters. The van der Waals surface area contributed by atoms with Gasteiger partial charge in [0, 0.05) is 16.8 Å². The molecule has 0 atom stereocenters. The highest BCUT2D eigenvalue weighted by Crippen LogP contribution is 2.18. The van der Waals surface area contributed by atoms with Crippen LogP contribution in [0.15, 0.2) is 66.7 Å². The highest BCUT2D eigenvalue weighted by Gasteiger charge is 2.11.